The molecule has 1 N–H and O–H groups in total. The normalized spacial score (nSPS) is 17.7. The summed E-state index contributed by atoms with van der Waals surface area (Å²) in [5.74, 6) is -1.81. The van der Waals surface area contributed by atoms with E-state index in [2.05, 4.69) is 10.3 Å². The summed E-state index contributed by atoms with van der Waals surface area (Å²) >= 11 is 0. The topological polar surface area (TPSA) is 114 Å². The van der Waals surface area contributed by atoms with Gasteiger partial charge < -0.3 is 5.32 Å². The predicted molar refractivity (Wildman–Crippen MR) is 133 cm³/mol. The highest BCUT2D eigenvalue weighted by molar-refractivity contribution is 7.93. The van der Waals surface area contributed by atoms with Crippen LogP contribution in [-0.4, -0.2) is 63.1 Å². The fourth-order valence-corrected chi connectivity index (χ4v) is 6.10. The van der Waals surface area contributed by atoms with E-state index in [0.717, 1.165) is 28.1 Å². The number of pyridine rings is 1. The number of aromatic nitrogens is 1. The van der Waals surface area contributed by atoms with Crippen LogP contribution in [0.2, 0.25) is 0 Å². The maximum atomic E-state index is 15.4. The zero-order chi connectivity index (χ0) is 29.4. The molecule has 39 heavy (non-hydrogen) atoms. The van der Waals surface area contributed by atoms with Gasteiger partial charge in [-0.15, -0.1) is 0 Å². The van der Waals surface area contributed by atoms with Crippen molar-refractivity contribution in [3.8, 4) is 11.1 Å². The maximum Gasteiger partial charge on any atom is 0.433 e. The number of benzene rings is 1. The lowest BCUT2D eigenvalue weighted by Gasteiger charge is -2.35. The number of hydrogen-bond donors (Lipinski definition) is 1. The third-order valence-electron chi connectivity index (χ3n) is 6.23. The lowest BCUT2D eigenvalue weighted by atomic mass is 9.93. The van der Waals surface area contributed by atoms with Gasteiger partial charge in [-0.3, -0.25) is 9.78 Å². The largest absolute Gasteiger partial charge is 0.433 e. The minimum atomic E-state index is -4.90. The zero-order valence-corrected chi connectivity index (χ0v) is 22.7. The van der Waals surface area contributed by atoms with Gasteiger partial charge in [0.2, 0.25) is 10.0 Å². The molecule has 1 amide bonds. The van der Waals surface area contributed by atoms with Gasteiger partial charge in [-0.05, 0) is 37.1 Å². The van der Waals surface area contributed by atoms with Gasteiger partial charge in [-0.25, -0.2) is 25.6 Å². The summed E-state index contributed by atoms with van der Waals surface area (Å²) < 4.78 is 120. The third kappa shape index (κ3) is 7.00. The number of amides is 1. The first kappa shape index (κ1) is 30.6. The number of carbonyl (C=O) groups is 1. The molecule has 3 rings (SSSR count). The minimum absolute atomic E-state index is 0.0783. The molecule has 1 atom stereocenters. The van der Waals surface area contributed by atoms with Crippen molar-refractivity contribution in [1.29, 1.82) is 0 Å². The second-order valence-corrected chi connectivity index (χ2v) is 13.1. The lowest BCUT2D eigenvalue weighted by molar-refractivity contribution is -0.141. The van der Waals surface area contributed by atoms with Crippen LogP contribution in [0.3, 0.4) is 0 Å². The van der Waals surface area contributed by atoms with E-state index in [0.29, 0.717) is 12.3 Å². The van der Waals surface area contributed by atoms with Gasteiger partial charge in [-0.2, -0.15) is 17.5 Å². The number of rotatable bonds is 7. The Morgan fingerprint density at radius 3 is 2.33 bits per heavy atom. The molecule has 1 fully saturated rings. The number of hydrogen-bond acceptors (Lipinski definition) is 6. The van der Waals surface area contributed by atoms with E-state index >= 15 is 4.39 Å². The molecule has 1 aliphatic rings. The van der Waals surface area contributed by atoms with Crippen LogP contribution < -0.4 is 5.32 Å². The number of sulfone groups is 1. The van der Waals surface area contributed by atoms with Gasteiger partial charge in [0.25, 0.3) is 5.91 Å². The fourth-order valence-electron chi connectivity index (χ4n) is 4.01. The molecule has 0 bridgehead atoms. The highest BCUT2D eigenvalue weighted by Crippen LogP contribution is 2.38. The Labute approximate surface area is 222 Å². The van der Waals surface area contributed by atoms with Crippen molar-refractivity contribution in [1.82, 2.24) is 14.6 Å². The van der Waals surface area contributed by atoms with Crippen LogP contribution in [0.5, 0.6) is 0 Å². The molecule has 1 aromatic carbocycles. The van der Waals surface area contributed by atoms with Crippen molar-refractivity contribution in [2.24, 2.45) is 0 Å². The van der Waals surface area contributed by atoms with E-state index in [1.54, 1.807) is 0 Å². The van der Waals surface area contributed by atoms with Crippen molar-refractivity contribution in [2.45, 2.75) is 49.5 Å². The SMILES string of the molecule is Cc1c(F)cccc1-c1cc(C(F)(F)F)ncc1S(=O)(=O)N1CCC(F)(C(=O)N[C@H](C)/C=C\S(C)(=O)=O)CC1. The second-order valence-electron chi connectivity index (χ2n) is 9.27. The van der Waals surface area contributed by atoms with Crippen molar-refractivity contribution in [3.05, 3.63) is 59.0 Å². The molecule has 0 radical (unpaired) electrons. The molecule has 1 aromatic heterocycles. The molecule has 1 aliphatic heterocycles. The number of halogens is 5. The van der Waals surface area contributed by atoms with Gasteiger partial charge in [0.15, 0.2) is 15.5 Å². The Morgan fingerprint density at radius 1 is 1.15 bits per heavy atom. The molecule has 214 valence electrons. The van der Waals surface area contributed by atoms with Gasteiger partial charge >= 0.3 is 6.18 Å². The van der Waals surface area contributed by atoms with Crippen molar-refractivity contribution < 1.29 is 43.6 Å². The molecule has 8 nitrogen and oxygen atoms in total. The lowest BCUT2D eigenvalue weighted by Crippen LogP contribution is -2.53. The Hall–Kier alpha value is -2.91. The number of carbonyl (C=O) groups excluding carboxylic acids is 1. The number of piperidine rings is 1. The first-order chi connectivity index (χ1) is 17.8. The number of sulfonamides is 1. The number of alkyl halides is 4. The summed E-state index contributed by atoms with van der Waals surface area (Å²) in [6.45, 7) is 1.75. The van der Waals surface area contributed by atoms with Crippen LogP contribution in [-0.2, 0) is 30.8 Å². The first-order valence-electron chi connectivity index (χ1n) is 11.6. The number of nitrogens with zero attached hydrogens (tertiary/aromatic N) is 2. The standard InChI is InChI=1S/C24H26F5N3O5S2/c1-15(7-12-38(3,34)35)31-22(33)23(26)8-10-32(11-9-23)39(36,37)20-14-30-21(24(27,28)29)13-18(20)17-5-4-6-19(25)16(17)2/h4-7,12-15H,8-11H2,1-3H3,(H,31,33)/b12-7-/t15-/m1/s1. The average Bonchev–Trinajstić information content (AvgIpc) is 2.83. The maximum absolute atomic E-state index is 15.4. The summed E-state index contributed by atoms with van der Waals surface area (Å²) in [5.41, 5.74) is -4.44. The van der Waals surface area contributed by atoms with Gasteiger partial charge in [0.1, 0.15) is 16.4 Å². The van der Waals surface area contributed by atoms with E-state index < -0.39 is 91.6 Å². The second kappa shape index (κ2) is 10.9. The van der Waals surface area contributed by atoms with Crippen molar-refractivity contribution in [3.63, 3.8) is 0 Å². The van der Waals surface area contributed by atoms with E-state index in [4.69, 9.17) is 0 Å². The molecule has 0 unspecified atom stereocenters. The Morgan fingerprint density at radius 2 is 1.77 bits per heavy atom. The predicted octanol–water partition coefficient (Wildman–Crippen LogP) is 3.77. The molecule has 2 aromatic rings. The minimum Gasteiger partial charge on any atom is -0.347 e. The van der Waals surface area contributed by atoms with Gasteiger partial charge in [0, 0.05) is 55.4 Å². The fraction of sp³-hybridized carbons (Fsp3) is 0.417. The van der Waals surface area contributed by atoms with Crippen LogP contribution in [0.15, 0.2) is 46.8 Å². The highest BCUT2D eigenvalue weighted by atomic mass is 32.2. The van der Waals surface area contributed by atoms with Crippen LogP contribution in [0, 0.1) is 12.7 Å². The highest BCUT2D eigenvalue weighted by Gasteiger charge is 2.45. The zero-order valence-electron chi connectivity index (χ0n) is 21.1. The summed E-state index contributed by atoms with van der Waals surface area (Å²) in [6.07, 6.45) is -3.40. The molecule has 0 aliphatic carbocycles. The summed E-state index contributed by atoms with van der Waals surface area (Å²) in [4.78, 5) is 15.2. The van der Waals surface area contributed by atoms with Crippen molar-refractivity contribution in [2.75, 3.05) is 19.3 Å². The Balaban J connectivity index is 1.90. The van der Waals surface area contributed by atoms with E-state index in [1.165, 1.54) is 26.0 Å². The molecule has 0 saturated carbocycles. The monoisotopic (exact) mass is 595 g/mol. The van der Waals surface area contributed by atoms with E-state index in [1.807, 2.05) is 0 Å². The Bertz CT molecular complexity index is 1500. The Kier molecular flexibility index (Phi) is 8.58. The summed E-state index contributed by atoms with van der Waals surface area (Å²) in [6, 6.07) is 3.27. The first-order valence-corrected chi connectivity index (χ1v) is 15.0. The van der Waals surface area contributed by atoms with Crippen LogP contribution in [0.1, 0.15) is 31.0 Å². The van der Waals surface area contributed by atoms with E-state index in [9.17, 15) is 39.2 Å². The van der Waals surface area contributed by atoms with Crippen molar-refractivity contribution >= 4 is 25.8 Å². The molecular formula is C24H26F5N3O5S2. The van der Waals surface area contributed by atoms with Crippen LogP contribution in [0.4, 0.5) is 22.0 Å². The smallest absolute Gasteiger partial charge is 0.347 e. The van der Waals surface area contributed by atoms with Crippen LogP contribution in [0.25, 0.3) is 11.1 Å². The quantitative estimate of drug-likeness (QED) is 0.488. The van der Waals surface area contributed by atoms with E-state index in [-0.39, 0.29) is 11.1 Å². The molecular weight excluding hydrogens is 569 g/mol. The van der Waals surface area contributed by atoms with Gasteiger partial charge in [-0.1, -0.05) is 18.2 Å². The molecule has 2 heterocycles. The average molecular weight is 596 g/mol. The molecule has 0 spiro atoms. The summed E-state index contributed by atoms with van der Waals surface area (Å²) in [5, 5.41) is 3.18. The van der Waals surface area contributed by atoms with Gasteiger partial charge in [0.05, 0.1) is 0 Å². The van der Waals surface area contributed by atoms with Crippen LogP contribution >= 0.6 is 0 Å². The molecule has 1 saturated heterocycles. The number of nitrogens with one attached hydrogen (secondary N) is 1. The third-order valence-corrected chi connectivity index (χ3v) is 8.81. The molecule has 15 heteroatoms. The summed E-state index contributed by atoms with van der Waals surface area (Å²) in [7, 11) is -8.02.